The molecule has 2 fully saturated rings. The number of aromatic nitrogens is 1. The fourth-order valence-electron chi connectivity index (χ4n) is 3.33. The molecule has 10 heteroatoms. The number of ketones is 2. The van der Waals surface area contributed by atoms with Gasteiger partial charge in [-0.1, -0.05) is 0 Å². The molecule has 2 saturated carbocycles. The Morgan fingerprint density at radius 1 is 1.24 bits per heavy atom. The molecule has 2 aliphatic rings. The third-order valence-corrected chi connectivity index (χ3v) is 4.58. The van der Waals surface area contributed by atoms with Crippen LogP contribution in [0, 0.1) is 22.0 Å². The SMILES string of the molecule is NC(=O)N(/N=C1/C(=O)C2CCC([N+](=O)[O-])CC2C1=O)c1ccncc1. The maximum absolute atomic E-state index is 12.5. The third kappa shape index (κ3) is 2.97. The van der Waals surface area contributed by atoms with E-state index in [-0.39, 0.29) is 30.7 Å². The van der Waals surface area contributed by atoms with Gasteiger partial charge in [0.2, 0.25) is 6.04 Å². The molecule has 0 bridgehead atoms. The van der Waals surface area contributed by atoms with Crippen LogP contribution in [0.1, 0.15) is 19.3 Å². The van der Waals surface area contributed by atoms with Crippen molar-refractivity contribution in [3.63, 3.8) is 0 Å². The Hall–Kier alpha value is -3.17. The van der Waals surface area contributed by atoms with Gasteiger partial charge in [-0.25, -0.2) is 4.79 Å². The summed E-state index contributed by atoms with van der Waals surface area (Å²) < 4.78 is 0. The second kappa shape index (κ2) is 6.38. The summed E-state index contributed by atoms with van der Waals surface area (Å²) >= 11 is 0. The van der Waals surface area contributed by atoms with Crippen LogP contribution in [0.3, 0.4) is 0 Å². The van der Waals surface area contributed by atoms with Crippen molar-refractivity contribution in [3.8, 4) is 0 Å². The molecule has 0 saturated heterocycles. The number of amides is 2. The molecule has 0 aliphatic heterocycles. The minimum absolute atomic E-state index is 0.00703. The zero-order chi connectivity index (χ0) is 18.1. The highest BCUT2D eigenvalue weighted by Crippen LogP contribution is 2.38. The van der Waals surface area contributed by atoms with Crippen molar-refractivity contribution in [2.45, 2.75) is 25.3 Å². The molecule has 25 heavy (non-hydrogen) atoms. The van der Waals surface area contributed by atoms with Gasteiger partial charge in [-0.3, -0.25) is 24.7 Å². The summed E-state index contributed by atoms with van der Waals surface area (Å²) in [7, 11) is 0. The summed E-state index contributed by atoms with van der Waals surface area (Å²) in [6.07, 6.45) is 3.32. The Balaban J connectivity index is 1.93. The van der Waals surface area contributed by atoms with E-state index < -0.39 is 40.4 Å². The summed E-state index contributed by atoms with van der Waals surface area (Å²) in [5.74, 6) is -2.43. The van der Waals surface area contributed by atoms with Crippen molar-refractivity contribution in [1.82, 2.24) is 4.98 Å². The maximum atomic E-state index is 12.5. The standard InChI is InChI=1S/C15H15N5O5/c16-15(23)19(8-3-5-17-6-4-8)18-12-13(21)10-2-1-9(20(24)25)7-11(10)14(12)22/h3-6,9-11H,1-2,7H2,(H2,16,23)/b18-12-. The van der Waals surface area contributed by atoms with Crippen molar-refractivity contribution in [2.75, 3.05) is 5.01 Å². The first-order valence-electron chi connectivity index (χ1n) is 7.70. The lowest BCUT2D eigenvalue weighted by Crippen LogP contribution is -2.34. The molecule has 130 valence electrons. The molecule has 0 radical (unpaired) electrons. The van der Waals surface area contributed by atoms with Gasteiger partial charge in [-0.2, -0.15) is 10.1 Å². The smallest absolute Gasteiger partial charge is 0.340 e. The molecule has 1 aromatic heterocycles. The molecular weight excluding hydrogens is 330 g/mol. The quantitative estimate of drug-likeness (QED) is 0.624. The minimum Gasteiger partial charge on any atom is -0.350 e. The topological polar surface area (TPSA) is 149 Å². The number of fused-ring (bicyclic) bond motifs is 1. The monoisotopic (exact) mass is 345 g/mol. The number of anilines is 1. The number of pyridine rings is 1. The highest BCUT2D eigenvalue weighted by Gasteiger charge is 2.52. The average molecular weight is 345 g/mol. The average Bonchev–Trinajstić information content (AvgIpc) is 2.84. The van der Waals surface area contributed by atoms with Crippen molar-refractivity contribution < 1.29 is 19.3 Å². The number of nitro groups is 1. The zero-order valence-corrected chi connectivity index (χ0v) is 13.1. The van der Waals surface area contributed by atoms with Crippen LogP contribution < -0.4 is 10.7 Å². The molecule has 3 unspecified atom stereocenters. The van der Waals surface area contributed by atoms with Crippen LogP contribution in [0.4, 0.5) is 10.5 Å². The lowest BCUT2D eigenvalue weighted by Gasteiger charge is -2.24. The maximum Gasteiger partial charge on any atom is 0.340 e. The van der Waals surface area contributed by atoms with E-state index in [2.05, 4.69) is 10.1 Å². The largest absolute Gasteiger partial charge is 0.350 e. The molecule has 1 heterocycles. The first-order chi connectivity index (χ1) is 11.9. The summed E-state index contributed by atoms with van der Waals surface area (Å²) in [6.45, 7) is 0. The molecule has 1 aromatic rings. The number of primary amides is 1. The third-order valence-electron chi connectivity index (χ3n) is 4.58. The molecule has 2 aliphatic carbocycles. The number of nitrogens with zero attached hydrogens (tertiary/aromatic N) is 4. The summed E-state index contributed by atoms with van der Waals surface area (Å²) in [6, 6.07) is 1.10. The lowest BCUT2D eigenvalue weighted by molar-refractivity contribution is -0.527. The van der Waals surface area contributed by atoms with Gasteiger partial charge < -0.3 is 5.73 Å². The normalized spacial score (nSPS) is 27.2. The Morgan fingerprint density at radius 3 is 2.48 bits per heavy atom. The van der Waals surface area contributed by atoms with E-state index in [4.69, 9.17) is 5.73 Å². The fourth-order valence-corrected chi connectivity index (χ4v) is 3.33. The van der Waals surface area contributed by atoms with Crippen LogP contribution in [0.15, 0.2) is 29.6 Å². The number of hydrogen-bond donors (Lipinski definition) is 1. The number of rotatable bonds is 3. The van der Waals surface area contributed by atoms with Gasteiger partial charge in [0.05, 0.1) is 5.69 Å². The summed E-state index contributed by atoms with van der Waals surface area (Å²) in [4.78, 5) is 51.1. The van der Waals surface area contributed by atoms with Crippen LogP contribution in [0.25, 0.3) is 0 Å². The minimum atomic E-state index is -0.961. The van der Waals surface area contributed by atoms with Gasteiger partial charge in [0.15, 0.2) is 17.3 Å². The number of nitrogens with two attached hydrogens (primary N) is 1. The molecule has 10 nitrogen and oxygen atoms in total. The molecule has 0 aromatic carbocycles. The van der Waals surface area contributed by atoms with E-state index in [1.54, 1.807) is 0 Å². The number of carbonyl (C=O) groups excluding carboxylic acids is 3. The molecule has 2 N–H and O–H groups in total. The fraction of sp³-hybridized carbons (Fsp3) is 0.400. The predicted octanol–water partition coefficient (Wildman–Crippen LogP) is 0.536. The highest BCUT2D eigenvalue weighted by molar-refractivity contribution is 6.70. The molecular formula is C15H15N5O5. The second-order valence-corrected chi connectivity index (χ2v) is 6.00. The van der Waals surface area contributed by atoms with Crippen LogP contribution in [0.5, 0.6) is 0 Å². The Labute approximate surface area is 141 Å². The van der Waals surface area contributed by atoms with Gasteiger partial charge in [0.25, 0.3) is 0 Å². The molecule has 3 rings (SSSR count). The van der Waals surface area contributed by atoms with Crippen molar-refractivity contribution in [3.05, 3.63) is 34.6 Å². The van der Waals surface area contributed by atoms with Crippen molar-refractivity contribution in [1.29, 1.82) is 0 Å². The summed E-state index contributed by atoms with van der Waals surface area (Å²) in [5, 5.41) is 15.6. The van der Waals surface area contributed by atoms with Crippen molar-refractivity contribution in [2.24, 2.45) is 22.7 Å². The van der Waals surface area contributed by atoms with Gasteiger partial charge >= 0.3 is 6.03 Å². The Morgan fingerprint density at radius 2 is 1.88 bits per heavy atom. The molecule has 2 amide bonds. The number of Topliss-reactive ketones (excluding diaryl/α,β-unsaturated/α-hetero) is 2. The van der Waals surface area contributed by atoms with Crippen LogP contribution in [-0.4, -0.2) is 39.3 Å². The van der Waals surface area contributed by atoms with Gasteiger partial charge in [0.1, 0.15) is 0 Å². The van der Waals surface area contributed by atoms with Gasteiger partial charge in [0, 0.05) is 42.0 Å². The van der Waals surface area contributed by atoms with Crippen LogP contribution in [0.2, 0.25) is 0 Å². The lowest BCUT2D eigenvalue weighted by atomic mass is 9.79. The molecule has 0 spiro atoms. The van der Waals surface area contributed by atoms with E-state index in [1.165, 1.54) is 24.5 Å². The number of hydrazone groups is 1. The molecule has 3 atom stereocenters. The van der Waals surface area contributed by atoms with E-state index in [9.17, 15) is 24.5 Å². The Kier molecular flexibility index (Phi) is 4.26. The van der Waals surface area contributed by atoms with E-state index in [0.717, 1.165) is 5.01 Å². The summed E-state index contributed by atoms with van der Waals surface area (Å²) in [5.41, 5.74) is 5.17. The predicted molar refractivity (Wildman–Crippen MR) is 85.4 cm³/mol. The van der Waals surface area contributed by atoms with E-state index in [0.29, 0.717) is 0 Å². The number of urea groups is 1. The van der Waals surface area contributed by atoms with Crippen LogP contribution >= 0.6 is 0 Å². The Bertz CT molecular complexity index is 778. The van der Waals surface area contributed by atoms with Gasteiger partial charge in [-0.15, -0.1) is 0 Å². The highest BCUT2D eigenvalue weighted by atomic mass is 16.6. The van der Waals surface area contributed by atoms with Crippen LogP contribution in [-0.2, 0) is 9.59 Å². The zero-order valence-electron chi connectivity index (χ0n) is 13.1. The van der Waals surface area contributed by atoms with Crippen molar-refractivity contribution >= 4 is 29.0 Å². The first kappa shape index (κ1) is 16.7. The first-order valence-corrected chi connectivity index (χ1v) is 7.70. The van der Waals surface area contributed by atoms with Gasteiger partial charge in [-0.05, 0) is 18.6 Å². The van der Waals surface area contributed by atoms with E-state index in [1.807, 2.05) is 0 Å². The number of carbonyl (C=O) groups is 3. The second-order valence-electron chi connectivity index (χ2n) is 6.00. The van der Waals surface area contributed by atoms with E-state index >= 15 is 0 Å². The number of hydrogen-bond acceptors (Lipinski definition) is 7.